The number of piperidine rings is 1. The molecule has 2 fully saturated rings. The van der Waals surface area contributed by atoms with E-state index in [-0.39, 0.29) is 0 Å². The van der Waals surface area contributed by atoms with Crippen molar-refractivity contribution in [3.8, 4) is 0 Å². The zero-order chi connectivity index (χ0) is 13.5. The second kappa shape index (κ2) is 5.09. The standard InChI is InChI=1S/C14H23N5O/c1-20-9-13-16-14-11(3-2-5-19(14)17-13)15-12-8-18-6-4-10(12)7-18/h10-12,15H,2-9H2,1H3/t10-,11-,12+/m0/s1. The van der Waals surface area contributed by atoms with Crippen molar-refractivity contribution >= 4 is 0 Å². The van der Waals surface area contributed by atoms with Gasteiger partial charge in [0.25, 0.3) is 0 Å². The number of hydrogen-bond donors (Lipinski definition) is 1. The molecule has 2 saturated heterocycles. The van der Waals surface area contributed by atoms with Gasteiger partial charge in [-0.15, -0.1) is 0 Å². The Kier molecular flexibility index (Phi) is 3.24. The van der Waals surface area contributed by atoms with Gasteiger partial charge in [0, 0.05) is 32.8 Å². The Bertz CT molecular complexity index is 488. The number of methoxy groups -OCH3 is 1. The molecule has 3 aliphatic heterocycles. The van der Waals surface area contributed by atoms with E-state index in [1.807, 2.05) is 0 Å². The first kappa shape index (κ1) is 12.7. The minimum Gasteiger partial charge on any atom is -0.377 e. The highest BCUT2D eigenvalue weighted by Gasteiger charge is 2.39. The fourth-order valence-corrected chi connectivity index (χ4v) is 3.98. The van der Waals surface area contributed by atoms with Gasteiger partial charge in [-0.3, -0.25) is 0 Å². The minimum absolute atomic E-state index is 0.368. The molecule has 6 nitrogen and oxygen atoms in total. The van der Waals surface area contributed by atoms with Crippen molar-refractivity contribution in [1.82, 2.24) is 25.0 Å². The number of nitrogens with one attached hydrogen (secondary N) is 1. The number of fused-ring (bicyclic) bond motifs is 3. The first-order valence-corrected chi connectivity index (χ1v) is 7.74. The first-order valence-electron chi connectivity index (χ1n) is 7.74. The maximum absolute atomic E-state index is 5.15. The van der Waals surface area contributed by atoms with E-state index in [1.165, 1.54) is 38.9 Å². The highest BCUT2D eigenvalue weighted by atomic mass is 16.5. The molecule has 0 aliphatic carbocycles. The molecule has 0 radical (unpaired) electrons. The van der Waals surface area contributed by atoms with Crippen LogP contribution in [-0.2, 0) is 17.9 Å². The van der Waals surface area contributed by atoms with Gasteiger partial charge >= 0.3 is 0 Å². The lowest BCUT2D eigenvalue weighted by molar-refractivity contribution is 0.177. The van der Waals surface area contributed by atoms with Crippen molar-refractivity contribution in [2.45, 2.75) is 44.5 Å². The Balaban J connectivity index is 1.49. The van der Waals surface area contributed by atoms with E-state index < -0.39 is 0 Å². The van der Waals surface area contributed by atoms with Crippen LogP contribution < -0.4 is 5.32 Å². The van der Waals surface area contributed by atoms with E-state index in [9.17, 15) is 0 Å². The third kappa shape index (κ3) is 2.16. The molecule has 1 aromatic rings. The fraction of sp³-hybridized carbons (Fsp3) is 0.857. The molecule has 6 heteroatoms. The molecule has 20 heavy (non-hydrogen) atoms. The Labute approximate surface area is 119 Å². The molecule has 2 bridgehead atoms. The highest BCUT2D eigenvalue weighted by molar-refractivity contribution is 5.05. The van der Waals surface area contributed by atoms with E-state index in [1.54, 1.807) is 7.11 Å². The molecular weight excluding hydrogens is 254 g/mol. The van der Waals surface area contributed by atoms with Crippen LogP contribution in [-0.4, -0.2) is 52.5 Å². The summed E-state index contributed by atoms with van der Waals surface area (Å²) in [5.41, 5.74) is 0. The summed E-state index contributed by atoms with van der Waals surface area (Å²) in [5.74, 6) is 2.76. The molecule has 4 atom stereocenters. The highest BCUT2D eigenvalue weighted by Crippen LogP contribution is 2.31. The fourth-order valence-electron chi connectivity index (χ4n) is 3.98. The van der Waals surface area contributed by atoms with Crippen LogP contribution in [0.1, 0.15) is 37.0 Å². The minimum atomic E-state index is 0.368. The monoisotopic (exact) mass is 277 g/mol. The van der Waals surface area contributed by atoms with Gasteiger partial charge < -0.3 is 15.0 Å². The summed E-state index contributed by atoms with van der Waals surface area (Å²) in [6, 6.07) is 1.01. The second-order valence-electron chi connectivity index (χ2n) is 6.32. The van der Waals surface area contributed by atoms with Gasteiger partial charge in [-0.2, -0.15) is 5.10 Å². The zero-order valence-electron chi connectivity index (χ0n) is 12.1. The van der Waals surface area contributed by atoms with Gasteiger partial charge in [0.1, 0.15) is 12.4 Å². The lowest BCUT2D eigenvalue weighted by Gasteiger charge is -2.30. The smallest absolute Gasteiger partial charge is 0.176 e. The zero-order valence-corrected chi connectivity index (χ0v) is 12.1. The largest absolute Gasteiger partial charge is 0.377 e. The molecule has 4 heterocycles. The third-order valence-electron chi connectivity index (χ3n) is 4.94. The normalized spacial score (nSPS) is 35.5. The SMILES string of the molecule is COCc1nc2n(n1)CCC[C@@H]2N[C@@H]1CN2CC[C@H]1C2. The Morgan fingerprint density at radius 2 is 2.25 bits per heavy atom. The van der Waals surface area contributed by atoms with Crippen LogP contribution in [0.2, 0.25) is 0 Å². The molecule has 1 unspecified atom stereocenters. The molecule has 0 spiro atoms. The van der Waals surface area contributed by atoms with Crippen LogP contribution in [0, 0.1) is 5.92 Å². The Morgan fingerprint density at radius 3 is 3.00 bits per heavy atom. The molecule has 0 amide bonds. The summed E-state index contributed by atoms with van der Waals surface area (Å²) in [6.45, 7) is 5.28. The lowest BCUT2D eigenvalue weighted by atomic mass is 9.97. The average Bonchev–Trinajstić information content (AvgIpc) is 3.13. The van der Waals surface area contributed by atoms with E-state index in [0.717, 1.165) is 24.1 Å². The van der Waals surface area contributed by atoms with Crippen molar-refractivity contribution in [1.29, 1.82) is 0 Å². The maximum Gasteiger partial charge on any atom is 0.176 e. The van der Waals surface area contributed by atoms with Crippen LogP contribution in [0.25, 0.3) is 0 Å². The quantitative estimate of drug-likeness (QED) is 0.871. The predicted molar refractivity (Wildman–Crippen MR) is 74.2 cm³/mol. The van der Waals surface area contributed by atoms with Gasteiger partial charge in [-0.05, 0) is 31.7 Å². The third-order valence-corrected chi connectivity index (χ3v) is 4.94. The number of ether oxygens (including phenoxy) is 1. The van der Waals surface area contributed by atoms with Crippen LogP contribution >= 0.6 is 0 Å². The van der Waals surface area contributed by atoms with Gasteiger partial charge in [0.05, 0.1) is 6.04 Å². The van der Waals surface area contributed by atoms with Crippen LogP contribution in [0.4, 0.5) is 0 Å². The van der Waals surface area contributed by atoms with Crippen LogP contribution in [0.3, 0.4) is 0 Å². The molecule has 110 valence electrons. The van der Waals surface area contributed by atoms with E-state index >= 15 is 0 Å². The Hall–Kier alpha value is -0.980. The van der Waals surface area contributed by atoms with Crippen molar-refractivity contribution in [2.24, 2.45) is 5.92 Å². The summed E-state index contributed by atoms with van der Waals surface area (Å²) in [7, 11) is 1.69. The molecule has 3 aliphatic rings. The van der Waals surface area contributed by atoms with Crippen molar-refractivity contribution in [3.05, 3.63) is 11.6 Å². The summed E-state index contributed by atoms with van der Waals surface area (Å²) in [4.78, 5) is 7.25. The first-order chi connectivity index (χ1) is 9.83. The summed E-state index contributed by atoms with van der Waals surface area (Å²) >= 11 is 0. The molecule has 1 aromatic heterocycles. The van der Waals surface area contributed by atoms with Crippen molar-refractivity contribution in [2.75, 3.05) is 26.7 Å². The van der Waals surface area contributed by atoms with E-state index in [4.69, 9.17) is 4.74 Å². The predicted octanol–water partition coefficient (Wildman–Crippen LogP) is 0.553. The van der Waals surface area contributed by atoms with Gasteiger partial charge in [0.15, 0.2) is 5.82 Å². The Morgan fingerprint density at radius 1 is 1.30 bits per heavy atom. The summed E-state index contributed by atoms with van der Waals surface area (Å²) in [5, 5.41) is 8.40. The number of hydrogen-bond acceptors (Lipinski definition) is 5. The van der Waals surface area contributed by atoms with Crippen molar-refractivity contribution in [3.63, 3.8) is 0 Å². The van der Waals surface area contributed by atoms with Crippen LogP contribution in [0.15, 0.2) is 0 Å². The number of rotatable bonds is 4. The van der Waals surface area contributed by atoms with Crippen molar-refractivity contribution < 1.29 is 4.74 Å². The van der Waals surface area contributed by atoms with Gasteiger partial charge in [-0.1, -0.05) is 0 Å². The number of nitrogens with zero attached hydrogens (tertiary/aromatic N) is 4. The number of aryl methyl sites for hydroxylation is 1. The van der Waals surface area contributed by atoms with Crippen LogP contribution in [0.5, 0.6) is 0 Å². The molecule has 0 saturated carbocycles. The summed E-state index contributed by atoms with van der Waals surface area (Å²) < 4.78 is 7.22. The molecule has 1 N–H and O–H groups in total. The number of aromatic nitrogens is 3. The topological polar surface area (TPSA) is 55.2 Å². The maximum atomic E-state index is 5.15. The molecule has 4 rings (SSSR count). The summed E-state index contributed by atoms with van der Waals surface area (Å²) in [6.07, 6.45) is 3.71. The average molecular weight is 277 g/mol. The lowest BCUT2D eigenvalue weighted by Crippen LogP contribution is -2.43. The van der Waals surface area contributed by atoms with Gasteiger partial charge in [-0.25, -0.2) is 9.67 Å². The van der Waals surface area contributed by atoms with Gasteiger partial charge in [0.2, 0.25) is 0 Å². The molecule has 0 aromatic carbocycles. The van der Waals surface area contributed by atoms with E-state index in [0.29, 0.717) is 18.7 Å². The molecular formula is C14H23N5O. The van der Waals surface area contributed by atoms with E-state index in [2.05, 4.69) is 25.0 Å². The second-order valence-corrected chi connectivity index (χ2v) is 6.32.